The normalized spacial score (nSPS) is 11.9. The minimum atomic E-state index is -0.475. The van der Waals surface area contributed by atoms with Gasteiger partial charge in [0.1, 0.15) is 11.8 Å². The SMILES string of the molecule is COc1ccc(C)cc1NC(=O)[C@@H](NCCc1c[nH]c2ccccc12)c1ccccc1. The summed E-state index contributed by atoms with van der Waals surface area (Å²) in [6.07, 6.45) is 2.86. The zero-order valence-corrected chi connectivity index (χ0v) is 17.8. The van der Waals surface area contributed by atoms with Crippen LogP contribution in [-0.2, 0) is 11.2 Å². The van der Waals surface area contributed by atoms with Crippen LogP contribution in [0.3, 0.4) is 0 Å². The van der Waals surface area contributed by atoms with Crippen LogP contribution >= 0.6 is 0 Å². The van der Waals surface area contributed by atoms with E-state index in [2.05, 4.69) is 27.8 Å². The van der Waals surface area contributed by atoms with Gasteiger partial charge < -0.3 is 20.4 Å². The van der Waals surface area contributed by atoms with E-state index in [9.17, 15) is 4.79 Å². The largest absolute Gasteiger partial charge is 0.495 e. The number of para-hydroxylation sites is 1. The van der Waals surface area contributed by atoms with E-state index in [-0.39, 0.29) is 5.91 Å². The molecule has 4 aromatic rings. The molecular weight excluding hydrogens is 386 g/mol. The van der Waals surface area contributed by atoms with Gasteiger partial charge >= 0.3 is 0 Å². The molecule has 5 heteroatoms. The molecule has 1 heterocycles. The molecule has 0 aliphatic rings. The van der Waals surface area contributed by atoms with Gasteiger partial charge in [0.15, 0.2) is 0 Å². The van der Waals surface area contributed by atoms with E-state index in [0.29, 0.717) is 18.0 Å². The monoisotopic (exact) mass is 413 g/mol. The number of nitrogens with one attached hydrogen (secondary N) is 3. The molecule has 1 aromatic heterocycles. The highest BCUT2D eigenvalue weighted by Crippen LogP contribution is 2.27. The third kappa shape index (κ3) is 4.78. The van der Waals surface area contributed by atoms with E-state index in [1.165, 1.54) is 10.9 Å². The summed E-state index contributed by atoms with van der Waals surface area (Å²) in [5.41, 5.74) is 5.01. The number of rotatable bonds is 8. The minimum absolute atomic E-state index is 0.117. The summed E-state index contributed by atoms with van der Waals surface area (Å²) in [5, 5.41) is 7.70. The first-order chi connectivity index (χ1) is 15.2. The van der Waals surface area contributed by atoms with Gasteiger partial charge in [-0.05, 0) is 48.2 Å². The number of hydrogen-bond acceptors (Lipinski definition) is 3. The number of amides is 1. The van der Waals surface area contributed by atoms with Gasteiger partial charge in [-0.3, -0.25) is 4.79 Å². The van der Waals surface area contributed by atoms with Crippen molar-refractivity contribution in [3.63, 3.8) is 0 Å². The number of benzene rings is 3. The van der Waals surface area contributed by atoms with Gasteiger partial charge in [0.05, 0.1) is 12.8 Å². The van der Waals surface area contributed by atoms with Gasteiger partial charge in [0, 0.05) is 23.6 Å². The van der Waals surface area contributed by atoms with Crippen molar-refractivity contribution in [2.45, 2.75) is 19.4 Å². The number of anilines is 1. The van der Waals surface area contributed by atoms with Crippen LogP contribution in [0.1, 0.15) is 22.7 Å². The van der Waals surface area contributed by atoms with Gasteiger partial charge in [-0.25, -0.2) is 0 Å². The number of aromatic nitrogens is 1. The molecule has 0 aliphatic carbocycles. The number of hydrogen-bond donors (Lipinski definition) is 3. The Balaban J connectivity index is 1.51. The van der Waals surface area contributed by atoms with E-state index in [1.54, 1.807) is 7.11 Å². The van der Waals surface area contributed by atoms with Crippen molar-refractivity contribution in [2.24, 2.45) is 0 Å². The molecule has 5 nitrogen and oxygen atoms in total. The lowest BCUT2D eigenvalue weighted by Gasteiger charge is -2.20. The molecule has 0 spiro atoms. The van der Waals surface area contributed by atoms with Crippen molar-refractivity contribution in [2.75, 3.05) is 19.0 Å². The van der Waals surface area contributed by atoms with Crippen LogP contribution in [0.25, 0.3) is 10.9 Å². The lowest BCUT2D eigenvalue weighted by molar-refractivity contribution is -0.118. The molecule has 31 heavy (non-hydrogen) atoms. The number of aryl methyl sites for hydroxylation is 1. The minimum Gasteiger partial charge on any atom is -0.495 e. The fourth-order valence-electron chi connectivity index (χ4n) is 3.82. The van der Waals surface area contributed by atoms with Crippen molar-refractivity contribution in [3.8, 4) is 5.75 Å². The Labute approximate surface area is 182 Å². The van der Waals surface area contributed by atoms with Crippen molar-refractivity contribution >= 4 is 22.5 Å². The Hall–Kier alpha value is -3.57. The number of carbonyl (C=O) groups is 1. The smallest absolute Gasteiger partial charge is 0.246 e. The number of fused-ring (bicyclic) bond motifs is 1. The first-order valence-electron chi connectivity index (χ1n) is 10.4. The van der Waals surface area contributed by atoms with Crippen molar-refractivity contribution in [1.82, 2.24) is 10.3 Å². The Bertz CT molecular complexity index is 1170. The molecule has 1 amide bonds. The van der Waals surface area contributed by atoms with Gasteiger partial charge in [0.2, 0.25) is 5.91 Å². The average molecular weight is 414 g/mol. The molecule has 0 bridgehead atoms. The second-order valence-electron chi connectivity index (χ2n) is 7.60. The Morgan fingerprint density at radius 3 is 2.61 bits per heavy atom. The summed E-state index contributed by atoms with van der Waals surface area (Å²) in [6, 6.07) is 23.3. The molecule has 158 valence electrons. The number of aromatic amines is 1. The molecule has 3 aromatic carbocycles. The highest BCUT2D eigenvalue weighted by Gasteiger charge is 2.21. The van der Waals surface area contributed by atoms with Crippen LogP contribution < -0.4 is 15.4 Å². The summed E-state index contributed by atoms with van der Waals surface area (Å²) >= 11 is 0. The second-order valence-corrected chi connectivity index (χ2v) is 7.60. The van der Waals surface area contributed by atoms with E-state index in [1.807, 2.05) is 73.8 Å². The molecule has 4 rings (SSSR count). The molecule has 0 saturated heterocycles. The quantitative estimate of drug-likeness (QED) is 0.381. The van der Waals surface area contributed by atoms with Crippen molar-refractivity contribution in [1.29, 1.82) is 0 Å². The summed E-state index contributed by atoms with van der Waals surface area (Å²) in [6.45, 7) is 2.66. The molecular formula is C26H27N3O2. The fraction of sp³-hybridized carbons (Fsp3) is 0.192. The van der Waals surface area contributed by atoms with Gasteiger partial charge in [-0.2, -0.15) is 0 Å². The summed E-state index contributed by atoms with van der Waals surface area (Å²) < 4.78 is 5.42. The average Bonchev–Trinajstić information content (AvgIpc) is 3.20. The fourth-order valence-corrected chi connectivity index (χ4v) is 3.82. The topological polar surface area (TPSA) is 66.2 Å². The standard InChI is InChI=1S/C26H27N3O2/c1-18-12-13-24(31-2)23(16-18)29-26(30)25(19-8-4-3-5-9-19)27-15-14-20-17-28-22-11-7-6-10-21(20)22/h3-13,16-17,25,27-28H,14-15H2,1-2H3,(H,29,30)/t25-/m0/s1. The first-order valence-corrected chi connectivity index (χ1v) is 10.4. The summed E-state index contributed by atoms with van der Waals surface area (Å²) in [7, 11) is 1.61. The predicted molar refractivity (Wildman–Crippen MR) is 126 cm³/mol. The maximum atomic E-state index is 13.3. The molecule has 0 aliphatic heterocycles. The van der Waals surface area contributed by atoms with Crippen LogP contribution in [0.2, 0.25) is 0 Å². The Morgan fingerprint density at radius 1 is 1.03 bits per heavy atom. The van der Waals surface area contributed by atoms with Gasteiger partial charge in [-0.1, -0.05) is 54.6 Å². The summed E-state index contributed by atoms with van der Waals surface area (Å²) in [4.78, 5) is 16.6. The van der Waals surface area contributed by atoms with Crippen LogP contribution in [0.4, 0.5) is 5.69 Å². The molecule has 0 radical (unpaired) electrons. The first kappa shape index (κ1) is 20.7. The zero-order valence-electron chi connectivity index (χ0n) is 17.8. The highest BCUT2D eigenvalue weighted by atomic mass is 16.5. The molecule has 0 fully saturated rings. The predicted octanol–water partition coefficient (Wildman–Crippen LogP) is 5.00. The van der Waals surface area contributed by atoms with Crippen LogP contribution in [0.15, 0.2) is 79.0 Å². The summed E-state index contributed by atoms with van der Waals surface area (Å²) in [5.74, 6) is 0.526. The number of carbonyl (C=O) groups excluding carboxylic acids is 1. The van der Waals surface area contributed by atoms with Crippen LogP contribution in [0, 0.1) is 6.92 Å². The second kappa shape index (κ2) is 9.49. The number of H-pyrrole nitrogens is 1. The maximum absolute atomic E-state index is 13.3. The van der Waals surface area contributed by atoms with E-state index in [4.69, 9.17) is 4.74 Å². The van der Waals surface area contributed by atoms with Crippen molar-refractivity contribution < 1.29 is 9.53 Å². The van der Waals surface area contributed by atoms with E-state index in [0.717, 1.165) is 23.1 Å². The lowest BCUT2D eigenvalue weighted by Crippen LogP contribution is -2.34. The zero-order chi connectivity index (χ0) is 21.6. The van der Waals surface area contributed by atoms with E-state index >= 15 is 0 Å². The van der Waals surface area contributed by atoms with Gasteiger partial charge in [-0.15, -0.1) is 0 Å². The number of methoxy groups -OCH3 is 1. The third-order valence-corrected chi connectivity index (χ3v) is 5.43. The highest BCUT2D eigenvalue weighted by molar-refractivity contribution is 5.96. The molecule has 0 saturated carbocycles. The Kier molecular flexibility index (Phi) is 6.34. The molecule has 3 N–H and O–H groups in total. The number of ether oxygens (including phenoxy) is 1. The third-order valence-electron chi connectivity index (χ3n) is 5.43. The van der Waals surface area contributed by atoms with Gasteiger partial charge in [0.25, 0.3) is 0 Å². The molecule has 0 unspecified atom stereocenters. The lowest BCUT2D eigenvalue weighted by atomic mass is 10.0. The molecule has 1 atom stereocenters. The van der Waals surface area contributed by atoms with Crippen molar-refractivity contribution in [3.05, 3.63) is 95.7 Å². The van der Waals surface area contributed by atoms with Crippen LogP contribution in [0.5, 0.6) is 5.75 Å². The maximum Gasteiger partial charge on any atom is 0.246 e. The Morgan fingerprint density at radius 2 is 1.81 bits per heavy atom. The van der Waals surface area contributed by atoms with E-state index < -0.39 is 6.04 Å². The van der Waals surface area contributed by atoms with Crippen LogP contribution in [-0.4, -0.2) is 24.5 Å².